The third-order valence-electron chi connectivity index (χ3n) is 3.14. The smallest absolute Gasteiger partial charge is 0.226 e. The zero-order valence-electron chi connectivity index (χ0n) is 12.0. The van der Waals surface area contributed by atoms with E-state index in [4.69, 9.17) is 17.3 Å². The molecule has 2 rings (SSSR count). The van der Waals surface area contributed by atoms with Gasteiger partial charge in [0.05, 0.1) is 11.4 Å². The third kappa shape index (κ3) is 4.23. The molecular formula is C15H19ClN4O. The van der Waals surface area contributed by atoms with Crippen molar-refractivity contribution in [1.82, 2.24) is 9.55 Å². The number of imidazole rings is 1. The van der Waals surface area contributed by atoms with Crippen molar-refractivity contribution in [1.29, 1.82) is 0 Å². The Hall–Kier alpha value is -2.01. The van der Waals surface area contributed by atoms with E-state index in [9.17, 15) is 4.79 Å². The predicted octanol–water partition coefficient (Wildman–Crippen LogP) is 3.10. The molecule has 0 spiro atoms. The van der Waals surface area contributed by atoms with Crippen molar-refractivity contribution in [3.05, 3.63) is 41.4 Å². The summed E-state index contributed by atoms with van der Waals surface area (Å²) in [5.41, 5.74) is 6.85. The first-order valence-electron chi connectivity index (χ1n) is 6.95. The Morgan fingerprint density at radius 1 is 1.48 bits per heavy atom. The molecule has 0 aliphatic carbocycles. The van der Waals surface area contributed by atoms with Gasteiger partial charge in [-0.2, -0.15) is 0 Å². The van der Waals surface area contributed by atoms with Crippen LogP contribution in [0.15, 0.2) is 30.6 Å². The molecule has 0 unspecified atom stereocenters. The van der Waals surface area contributed by atoms with Gasteiger partial charge in [-0.3, -0.25) is 4.79 Å². The van der Waals surface area contributed by atoms with Gasteiger partial charge in [0.1, 0.15) is 5.82 Å². The van der Waals surface area contributed by atoms with E-state index >= 15 is 0 Å². The minimum Gasteiger partial charge on any atom is -0.397 e. The molecule has 3 N–H and O–H groups in total. The van der Waals surface area contributed by atoms with Crippen LogP contribution >= 0.6 is 11.6 Å². The lowest BCUT2D eigenvalue weighted by Crippen LogP contribution is -2.16. The molecule has 1 aromatic carbocycles. The Balaban J connectivity index is 1.93. The molecule has 0 aliphatic rings. The molecule has 5 nitrogen and oxygen atoms in total. The fourth-order valence-corrected chi connectivity index (χ4v) is 2.24. The van der Waals surface area contributed by atoms with Gasteiger partial charge >= 0.3 is 0 Å². The summed E-state index contributed by atoms with van der Waals surface area (Å²) in [6.45, 7) is 2.70. The van der Waals surface area contributed by atoms with Gasteiger partial charge in [-0.15, -0.1) is 0 Å². The summed E-state index contributed by atoms with van der Waals surface area (Å²) in [4.78, 5) is 16.3. The number of nitrogen functional groups attached to an aromatic ring is 1. The normalized spacial score (nSPS) is 10.6. The van der Waals surface area contributed by atoms with Crippen LogP contribution in [0.2, 0.25) is 5.02 Å². The molecule has 0 saturated heterocycles. The van der Waals surface area contributed by atoms with Crippen LogP contribution in [0.4, 0.5) is 11.4 Å². The van der Waals surface area contributed by atoms with Gasteiger partial charge in [0.25, 0.3) is 0 Å². The number of rotatable bonds is 6. The number of hydrogen-bond donors (Lipinski definition) is 2. The lowest BCUT2D eigenvalue weighted by molar-refractivity contribution is -0.116. The summed E-state index contributed by atoms with van der Waals surface area (Å²) >= 11 is 5.89. The van der Waals surface area contributed by atoms with Crippen LogP contribution in [0.3, 0.4) is 0 Å². The number of nitrogens with one attached hydrogen (secondary N) is 1. The summed E-state index contributed by atoms with van der Waals surface area (Å²) in [7, 11) is 0. The minimum absolute atomic E-state index is 0.0971. The first kappa shape index (κ1) is 15.4. The molecule has 21 heavy (non-hydrogen) atoms. The molecule has 0 aliphatic heterocycles. The molecule has 1 aromatic heterocycles. The molecule has 1 heterocycles. The van der Waals surface area contributed by atoms with Crippen molar-refractivity contribution in [2.24, 2.45) is 0 Å². The second kappa shape index (κ2) is 7.13. The highest BCUT2D eigenvalue weighted by Crippen LogP contribution is 2.23. The van der Waals surface area contributed by atoms with Crippen molar-refractivity contribution in [2.45, 2.75) is 32.7 Å². The number of carbonyl (C=O) groups excluding carboxylic acids is 1. The van der Waals surface area contributed by atoms with Gasteiger partial charge in [-0.25, -0.2) is 4.98 Å². The van der Waals surface area contributed by atoms with Crippen LogP contribution in [0.1, 0.15) is 25.6 Å². The average molecular weight is 307 g/mol. The number of anilines is 2. The molecule has 112 valence electrons. The molecule has 6 heteroatoms. The Morgan fingerprint density at radius 2 is 2.29 bits per heavy atom. The highest BCUT2D eigenvalue weighted by molar-refractivity contribution is 6.31. The summed E-state index contributed by atoms with van der Waals surface area (Å²) in [6, 6.07) is 5.01. The average Bonchev–Trinajstić information content (AvgIpc) is 2.88. The van der Waals surface area contributed by atoms with Gasteiger partial charge in [0, 0.05) is 36.8 Å². The zero-order chi connectivity index (χ0) is 15.2. The second-order valence-electron chi connectivity index (χ2n) is 4.82. The SMILES string of the molecule is CCCc1nccn1CCC(=O)Nc1cc(Cl)ccc1N. The Morgan fingerprint density at radius 3 is 3.05 bits per heavy atom. The van der Waals surface area contributed by atoms with Gasteiger partial charge < -0.3 is 15.6 Å². The van der Waals surface area contributed by atoms with E-state index in [1.165, 1.54) is 0 Å². The second-order valence-corrected chi connectivity index (χ2v) is 5.25. The highest BCUT2D eigenvalue weighted by Gasteiger charge is 2.08. The number of halogens is 1. The van der Waals surface area contributed by atoms with Crippen LogP contribution < -0.4 is 11.1 Å². The monoisotopic (exact) mass is 306 g/mol. The standard InChI is InChI=1S/C15H19ClN4O/c1-2-3-14-18-7-9-20(14)8-6-15(21)19-13-10-11(16)4-5-12(13)17/h4-5,7,9-10H,2-3,6,8,17H2,1H3,(H,19,21). The van der Waals surface area contributed by atoms with Crippen LogP contribution in [0, 0.1) is 0 Å². The fraction of sp³-hybridized carbons (Fsp3) is 0.333. The van der Waals surface area contributed by atoms with Crippen LogP contribution in [0.5, 0.6) is 0 Å². The molecule has 0 fully saturated rings. The summed E-state index contributed by atoms with van der Waals surface area (Å²) < 4.78 is 2.00. The largest absolute Gasteiger partial charge is 0.397 e. The minimum atomic E-state index is -0.0971. The third-order valence-corrected chi connectivity index (χ3v) is 3.38. The van der Waals surface area contributed by atoms with Crippen molar-refractivity contribution in [3.63, 3.8) is 0 Å². The lowest BCUT2D eigenvalue weighted by Gasteiger charge is -2.10. The summed E-state index contributed by atoms with van der Waals surface area (Å²) in [5, 5.41) is 3.32. The van der Waals surface area contributed by atoms with Gasteiger partial charge in [0.15, 0.2) is 0 Å². The fourth-order valence-electron chi connectivity index (χ4n) is 2.07. The maximum atomic E-state index is 12.0. The van der Waals surface area contributed by atoms with E-state index in [0.29, 0.717) is 29.4 Å². The number of carbonyl (C=O) groups is 1. The lowest BCUT2D eigenvalue weighted by atomic mass is 10.2. The predicted molar refractivity (Wildman–Crippen MR) is 85.3 cm³/mol. The van der Waals surface area contributed by atoms with E-state index < -0.39 is 0 Å². The quantitative estimate of drug-likeness (QED) is 0.805. The van der Waals surface area contributed by atoms with E-state index in [1.54, 1.807) is 24.4 Å². The topological polar surface area (TPSA) is 72.9 Å². The molecule has 0 atom stereocenters. The number of benzene rings is 1. The number of nitrogens with two attached hydrogens (primary N) is 1. The summed E-state index contributed by atoms with van der Waals surface area (Å²) in [5.74, 6) is 0.910. The Labute approximate surface area is 129 Å². The Bertz CT molecular complexity index is 624. The molecule has 0 bridgehead atoms. The first-order chi connectivity index (χ1) is 10.1. The maximum Gasteiger partial charge on any atom is 0.226 e. The van der Waals surface area contributed by atoms with Gasteiger partial charge in [-0.05, 0) is 24.6 Å². The molecule has 0 saturated carbocycles. The van der Waals surface area contributed by atoms with Crippen molar-refractivity contribution in [3.8, 4) is 0 Å². The van der Waals surface area contributed by atoms with Crippen LogP contribution in [-0.4, -0.2) is 15.5 Å². The van der Waals surface area contributed by atoms with Crippen molar-refractivity contribution < 1.29 is 4.79 Å². The number of aromatic nitrogens is 2. The number of hydrogen-bond acceptors (Lipinski definition) is 3. The van der Waals surface area contributed by atoms with Gasteiger partial charge in [-0.1, -0.05) is 18.5 Å². The molecule has 2 aromatic rings. The maximum absolute atomic E-state index is 12.0. The van der Waals surface area contributed by atoms with Gasteiger partial charge in [0.2, 0.25) is 5.91 Å². The highest BCUT2D eigenvalue weighted by atomic mass is 35.5. The number of nitrogens with zero attached hydrogens (tertiary/aromatic N) is 2. The Kier molecular flexibility index (Phi) is 5.22. The van der Waals surface area contributed by atoms with E-state index in [2.05, 4.69) is 17.2 Å². The molecule has 1 amide bonds. The van der Waals surface area contributed by atoms with Crippen LogP contribution in [0.25, 0.3) is 0 Å². The first-order valence-corrected chi connectivity index (χ1v) is 7.33. The van der Waals surface area contributed by atoms with E-state index in [-0.39, 0.29) is 5.91 Å². The van der Waals surface area contributed by atoms with E-state index in [0.717, 1.165) is 18.7 Å². The number of aryl methyl sites for hydroxylation is 2. The molecular weight excluding hydrogens is 288 g/mol. The van der Waals surface area contributed by atoms with Crippen molar-refractivity contribution >= 4 is 28.9 Å². The molecule has 0 radical (unpaired) electrons. The van der Waals surface area contributed by atoms with Crippen LogP contribution in [-0.2, 0) is 17.8 Å². The van der Waals surface area contributed by atoms with Crippen molar-refractivity contribution in [2.75, 3.05) is 11.1 Å². The zero-order valence-corrected chi connectivity index (χ0v) is 12.7. The van der Waals surface area contributed by atoms with E-state index in [1.807, 2.05) is 10.8 Å². The number of amides is 1. The summed E-state index contributed by atoms with van der Waals surface area (Å²) in [6.07, 6.45) is 5.96.